The first-order valence-corrected chi connectivity index (χ1v) is 10.5. The number of rotatable bonds is 1. The normalized spacial score (nSPS) is 18.2. The molecule has 1 fully saturated rings. The zero-order chi connectivity index (χ0) is 13.5. The topological polar surface area (TPSA) is 25.4 Å². The highest BCUT2D eigenvalue weighted by atomic mass is 28.3. The van der Waals surface area contributed by atoms with Gasteiger partial charge in [-0.05, 0) is 18.9 Å². The van der Waals surface area contributed by atoms with Gasteiger partial charge in [-0.15, -0.1) is 5.54 Å². The molecule has 0 radical (unpaired) electrons. The van der Waals surface area contributed by atoms with Crippen LogP contribution in [-0.2, 0) is 0 Å². The standard InChI is InChI=1S/C15H20N2OSi/c1-19(2,3)9-6-12-10-14-15(11-16-12)18-8-7-17(14)13-4-5-13/h10-11,13H,4-5,7-8H2,1-3H3. The smallest absolute Gasteiger partial charge is 0.161 e. The van der Waals surface area contributed by atoms with Gasteiger partial charge in [-0.25, -0.2) is 4.98 Å². The van der Waals surface area contributed by atoms with E-state index < -0.39 is 8.07 Å². The molecule has 2 aliphatic rings. The monoisotopic (exact) mass is 272 g/mol. The Labute approximate surface area is 116 Å². The molecule has 0 bridgehead atoms. The van der Waals surface area contributed by atoms with Crippen LogP contribution in [0.15, 0.2) is 12.3 Å². The van der Waals surface area contributed by atoms with Gasteiger partial charge in [-0.1, -0.05) is 25.6 Å². The largest absolute Gasteiger partial charge is 0.488 e. The molecule has 4 heteroatoms. The first-order chi connectivity index (χ1) is 9.03. The Bertz CT molecular complexity index is 549. The van der Waals surface area contributed by atoms with Crippen LogP contribution in [-0.4, -0.2) is 32.3 Å². The van der Waals surface area contributed by atoms with E-state index in [0.29, 0.717) is 6.04 Å². The Balaban J connectivity index is 1.92. The zero-order valence-corrected chi connectivity index (χ0v) is 12.9. The minimum Gasteiger partial charge on any atom is -0.488 e. The van der Waals surface area contributed by atoms with Crippen molar-refractivity contribution in [2.75, 3.05) is 18.1 Å². The first-order valence-electron chi connectivity index (χ1n) is 6.96. The molecule has 0 atom stereocenters. The number of aromatic nitrogens is 1. The van der Waals surface area contributed by atoms with Crippen LogP contribution >= 0.6 is 0 Å². The van der Waals surface area contributed by atoms with E-state index in [2.05, 4.69) is 47.1 Å². The lowest BCUT2D eigenvalue weighted by Gasteiger charge is -2.31. The van der Waals surface area contributed by atoms with Gasteiger partial charge in [-0.3, -0.25) is 0 Å². The number of fused-ring (bicyclic) bond motifs is 1. The van der Waals surface area contributed by atoms with E-state index in [1.54, 1.807) is 0 Å². The van der Waals surface area contributed by atoms with E-state index in [0.717, 1.165) is 24.6 Å². The summed E-state index contributed by atoms with van der Waals surface area (Å²) in [6.07, 6.45) is 4.44. The van der Waals surface area contributed by atoms with Gasteiger partial charge >= 0.3 is 0 Å². The van der Waals surface area contributed by atoms with Crippen LogP contribution in [0.4, 0.5) is 5.69 Å². The number of pyridine rings is 1. The van der Waals surface area contributed by atoms with Crippen molar-refractivity contribution in [3.8, 4) is 17.2 Å². The zero-order valence-electron chi connectivity index (χ0n) is 11.9. The van der Waals surface area contributed by atoms with Crippen molar-refractivity contribution in [3.05, 3.63) is 18.0 Å². The molecule has 100 valence electrons. The Morgan fingerprint density at radius 3 is 2.84 bits per heavy atom. The molecule has 0 saturated heterocycles. The molecule has 1 aliphatic carbocycles. The van der Waals surface area contributed by atoms with E-state index in [1.165, 1.54) is 18.5 Å². The summed E-state index contributed by atoms with van der Waals surface area (Å²) >= 11 is 0. The minimum atomic E-state index is -1.35. The Hall–Kier alpha value is -1.47. The third-order valence-electron chi connectivity index (χ3n) is 3.30. The van der Waals surface area contributed by atoms with Gasteiger partial charge in [0.25, 0.3) is 0 Å². The van der Waals surface area contributed by atoms with Crippen molar-refractivity contribution in [2.45, 2.75) is 38.5 Å². The maximum Gasteiger partial charge on any atom is 0.161 e. The molecule has 0 amide bonds. The average molecular weight is 272 g/mol. The van der Waals surface area contributed by atoms with Crippen LogP contribution in [0.3, 0.4) is 0 Å². The highest BCUT2D eigenvalue weighted by molar-refractivity contribution is 6.83. The molecule has 1 saturated carbocycles. The van der Waals surface area contributed by atoms with Crippen LogP contribution in [0.1, 0.15) is 18.5 Å². The maximum atomic E-state index is 5.69. The Morgan fingerprint density at radius 1 is 1.37 bits per heavy atom. The fraction of sp³-hybridized carbons (Fsp3) is 0.533. The molecule has 3 rings (SSSR count). The van der Waals surface area contributed by atoms with E-state index in [-0.39, 0.29) is 0 Å². The van der Waals surface area contributed by atoms with Crippen molar-refractivity contribution in [1.29, 1.82) is 0 Å². The number of ether oxygens (including phenoxy) is 1. The van der Waals surface area contributed by atoms with Crippen molar-refractivity contribution in [3.63, 3.8) is 0 Å². The summed E-state index contributed by atoms with van der Waals surface area (Å²) in [6, 6.07) is 2.81. The highest BCUT2D eigenvalue weighted by Gasteiger charge is 2.32. The van der Waals surface area contributed by atoms with Crippen LogP contribution in [0.2, 0.25) is 19.6 Å². The molecule has 2 heterocycles. The molecule has 1 aromatic heterocycles. The molecule has 0 N–H and O–H groups in total. The van der Waals surface area contributed by atoms with Crippen LogP contribution in [0, 0.1) is 11.5 Å². The third kappa shape index (κ3) is 2.93. The lowest BCUT2D eigenvalue weighted by molar-refractivity contribution is 0.305. The van der Waals surface area contributed by atoms with Gasteiger partial charge in [0.2, 0.25) is 0 Å². The lowest BCUT2D eigenvalue weighted by Crippen LogP contribution is -2.34. The van der Waals surface area contributed by atoms with E-state index in [4.69, 9.17) is 4.74 Å². The summed E-state index contributed by atoms with van der Waals surface area (Å²) in [4.78, 5) is 6.86. The summed E-state index contributed by atoms with van der Waals surface area (Å²) in [5, 5.41) is 0. The van der Waals surface area contributed by atoms with Gasteiger partial charge in [0, 0.05) is 6.04 Å². The second-order valence-corrected chi connectivity index (χ2v) is 11.1. The van der Waals surface area contributed by atoms with E-state index >= 15 is 0 Å². The summed E-state index contributed by atoms with van der Waals surface area (Å²) in [6.45, 7) is 8.50. The van der Waals surface area contributed by atoms with Crippen LogP contribution in [0.25, 0.3) is 0 Å². The second-order valence-electron chi connectivity index (χ2n) is 6.31. The van der Waals surface area contributed by atoms with Crippen molar-refractivity contribution in [2.24, 2.45) is 0 Å². The molecule has 0 spiro atoms. The van der Waals surface area contributed by atoms with E-state index in [1.807, 2.05) is 6.20 Å². The molecule has 0 unspecified atom stereocenters. The van der Waals surface area contributed by atoms with E-state index in [9.17, 15) is 0 Å². The molecular weight excluding hydrogens is 252 g/mol. The SMILES string of the molecule is C[Si](C)(C)C#Cc1cc2c(cn1)OCCN2C1CC1. The van der Waals surface area contributed by atoms with Crippen molar-refractivity contribution >= 4 is 13.8 Å². The fourth-order valence-corrected chi connectivity index (χ4v) is 2.73. The van der Waals surface area contributed by atoms with Gasteiger partial charge in [0.1, 0.15) is 20.4 Å². The minimum absolute atomic E-state index is 0.711. The highest BCUT2D eigenvalue weighted by Crippen LogP contribution is 2.38. The van der Waals surface area contributed by atoms with Crippen molar-refractivity contribution < 1.29 is 4.74 Å². The third-order valence-corrected chi connectivity index (χ3v) is 4.17. The fourth-order valence-electron chi connectivity index (χ4n) is 2.23. The number of hydrogen-bond acceptors (Lipinski definition) is 3. The number of hydrogen-bond donors (Lipinski definition) is 0. The second kappa shape index (κ2) is 4.57. The molecule has 0 aromatic carbocycles. The lowest BCUT2D eigenvalue weighted by atomic mass is 10.2. The molecule has 19 heavy (non-hydrogen) atoms. The maximum absolute atomic E-state index is 5.69. The summed E-state index contributed by atoms with van der Waals surface area (Å²) in [5.74, 6) is 4.15. The number of nitrogens with zero attached hydrogens (tertiary/aromatic N) is 2. The summed E-state index contributed by atoms with van der Waals surface area (Å²) < 4.78 is 5.69. The van der Waals surface area contributed by atoms with Gasteiger partial charge in [0.15, 0.2) is 5.75 Å². The number of anilines is 1. The molecule has 1 aromatic rings. The first kappa shape index (κ1) is 12.6. The van der Waals surface area contributed by atoms with Crippen molar-refractivity contribution in [1.82, 2.24) is 4.98 Å². The molecular formula is C15H20N2OSi. The molecule has 1 aliphatic heterocycles. The van der Waals surface area contributed by atoms with Gasteiger partial charge < -0.3 is 9.64 Å². The summed E-state index contributed by atoms with van der Waals surface area (Å²) in [5.41, 5.74) is 5.43. The van der Waals surface area contributed by atoms with Crippen LogP contribution < -0.4 is 9.64 Å². The van der Waals surface area contributed by atoms with Crippen LogP contribution in [0.5, 0.6) is 5.75 Å². The average Bonchev–Trinajstić information content (AvgIpc) is 3.19. The summed E-state index contributed by atoms with van der Waals surface area (Å²) in [7, 11) is -1.35. The van der Waals surface area contributed by atoms with Gasteiger partial charge in [0.05, 0.1) is 18.4 Å². The quantitative estimate of drug-likeness (QED) is 0.580. The predicted octanol–water partition coefficient (Wildman–Crippen LogP) is 2.67. The Morgan fingerprint density at radius 2 is 2.16 bits per heavy atom. The Kier molecular flexibility index (Phi) is 3.02. The molecule has 3 nitrogen and oxygen atoms in total. The van der Waals surface area contributed by atoms with Gasteiger partial charge in [-0.2, -0.15) is 0 Å². The predicted molar refractivity (Wildman–Crippen MR) is 80.3 cm³/mol.